The Balaban J connectivity index is 1.75. The first-order valence-electron chi connectivity index (χ1n) is 9.17. The molecule has 6 heteroatoms. The summed E-state index contributed by atoms with van der Waals surface area (Å²) in [7, 11) is 0. The van der Waals surface area contributed by atoms with Gasteiger partial charge in [0.25, 0.3) is 5.69 Å². The predicted molar refractivity (Wildman–Crippen MR) is 105 cm³/mol. The number of hydrogen-bond donors (Lipinski definition) is 2. The maximum atomic E-state index is 14.7. The molecule has 0 aromatic heterocycles. The molecular formula is C22H17FN2O3. The summed E-state index contributed by atoms with van der Waals surface area (Å²) in [6, 6.07) is 13.2. The summed E-state index contributed by atoms with van der Waals surface area (Å²) < 4.78 is 14.7. The highest BCUT2D eigenvalue weighted by atomic mass is 19.1. The SMILES string of the molecule is O=[N+]([O-])c1ccc(F)c2c1C1C=CCC1C(c1c(O)ccc3ccccc13)N2. The van der Waals surface area contributed by atoms with Crippen LogP contribution in [0.3, 0.4) is 0 Å². The van der Waals surface area contributed by atoms with E-state index in [-0.39, 0.29) is 35.0 Å². The number of hydrogen-bond acceptors (Lipinski definition) is 4. The predicted octanol–water partition coefficient (Wildman–Crippen LogP) is 5.42. The van der Waals surface area contributed by atoms with Crippen LogP contribution in [0.4, 0.5) is 15.8 Å². The maximum Gasteiger partial charge on any atom is 0.275 e. The molecule has 1 aliphatic heterocycles. The normalized spacial score (nSPS) is 22.5. The van der Waals surface area contributed by atoms with Gasteiger partial charge in [0.1, 0.15) is 11.6 Å². The molecule has 1 heterocycles. The van der Waals surface area contributed by atoms with Gasteiger partial charge in [-0.3, -0.25) is 10.1 Å². The molecule has 140 valence electrons. The fourth-order valence-corrected chi connectivity index (χ4v) is 4.71. The van der Waals surface area contributed by atoms with Gasteiger partial charge in [-0.1, -0.05) is 42.5 Å². The number of nitrogens with one attached hydrogen (secondary N) is 1. The Labute approximate surface area is 160 Å². The Morgan fingerprint density at radius 3 is 2.75 bits per heavy atom. The van der Waals surface area contributed by atoms with E-state index in [1.54, 1.807) is 6.07 Å². The van der Waals surface area contributed by atoms with Crippen molar-refractivity contribution in [3.05, 3.63) is 87.7 Å². The first-order valence-corrected chi connectivity index (χ1v) is 9.17. The lowest BCUT2D eigenvalue weighted by atomic mass is 9.75. The van der Waals surface area contributed by atoms with Crippen LogP contribution in [0.5, 0.6) is 5.75 Å². The van der Waals surface area contributed by atoms with Crippen molar-refractivity contribution in [2.24, 2.45) is 5.92 Å². The monoisotopic (exact) mass is 376 g/mol. The number of nitro groups is 1. The lowest BCUT2D eigenvalue weighted by Gasteiger charge is -2.37. The Hall–Kier alpha value is -3.41. The number of anilines is 1. The van der Waals surface area contributed by atoms with Crippen molar-refractivity contribution in [2.45, 2.75) is 18.4 Å². The number of phenolic OH excluding ortho intramolecular Hbond substituents is 1. The molecule has 0 saturated carbocycles. The van der Waals surface area contributed by atoms with Gasteiger partial charge in [0.05, 0.1) is 22.2 Å². The summed E-state index contributed by atoms with van der Waals surface area (Å²) >= 11 is 0. The number of nitrogens with zero attached hydrogens (tertiary/aromatic N) is 1. The van der Waals surface area contributed by atoms with Gasteiger partial charge in [-0.2, -0.15) is 0 Å². The van der Waals surface area contributed by atoms with Crippen molar-refractivity contribution in [2.75, 3.05) is 5.32 Å². The van der Waals surface area contributed by atoms with Gasteiger partial charge >= 0.3 is 0 Å². The van der Waals surface area contributed by atoms with Crippen molar-refractivity contribution in [1.29, 1.82) is 0 Å². The topological polar surface area (TPSA) is 75.4 Å². The maximum absolute atomic E-state index is 14.7. The van der Waals surface area contributed by atoms with Crippen LogP contribution in [0, 0.1) is 21.8 Å². The van der Waals surface area contributed by atoms with Gasteiger partial charge in [-0.05, 0) is 35.2 Å². The zero-order chi connectivity index (χ0) is 19.4. The Morgan fingerprint density at radius 1 is 1.11 bits per heavy atom. The van der Waals surface area contributed by atoms with Gasteiger partial charge < -0.3 is 10.4 Å². The van der Waals surface area contributed by atoms with E-state index < -0.39 is 10.7 Å². The standard InChI is InChI=1S/C22H17FN2O3/c23-16-9-10-17(25(27)28)19-14-6-3-7-15(14)21(24-22(16)19)20-13-5-2-1-4-12(13)8-11-18(20)26/h1-6,8-11,14-15,21,24,26H,7H2. The highest BCUT2D eigenvalue weighted by molar-refractivity contribution is 5.89. The van der Waals surface area contributed by atoms with Gasteiger partial charge in [0.15, 0.2) is 0 Å². The Bertz CT molecular complexity index is 1160. The molecule has 28 heavy (non-hydrogen) atoms. The Morgan fingerprint density at radius 2 is 1.93 bits per heavy atom. The zero-order valence-corrected chi connectivity index (χ0v) is 14.8. The summed E-state index contributed by atoms with van der Waals surface area (Å²) in [5.41, 5.74) is 1.17. The van der Waals surface area contributed by atoms with Crippen LogP contribution >= 0.6 is 0 Å². The summed E-state index contributed by atoms with van der Waals surface area (Å²) in [4.78, 5) is 11.1. The number of allylic oxidation sites excluding steroid dienone is 2. The molecule has 0 spiro atoms. The summed E-state index contributed by atoms with van der Waals surface area (Å²) in [6.45, 7) is 0. The van der Waals surface area contributed by atoms with Gasteiger partial charge in [-0.15, -0.1) is 0 Å². The van der Waals surface area contributed by atoms with Crippen molar-refractivity contribution in [3.8, 4) is 5.75 Å². The van der Waals surface area contributed by atoms with E-state index >= 15 is 0 Å². The second kappa shape index (κ2) is 6.05. The molecule has 0 radical (unpaired) electrons. The second-order valence-corrected chi connectivity index (χ2v) is 7.31. The lowest BCUT2D eigenvalue weighted by Crippen LogP contribution is -2.30. The number of aromatic hydroxyl groups is 1. The summed E-state index contributed by atoms with van der Waals surface area (Å²) in [5.74, 6) is -0.722. The van der Waals surface area contributed by atoms with E-state index in [1.165, 1.54) is 6.07 Å². The molecule has 3 unspecified atom stereocenters. The first-order chi connectivity index (χ1) is 13.6. The van der Waals surface area contributed by atoms with Crippen LogP contribution < -0.4 is 5.32 Å². The van der Waals surface area contributed by atoms with E-state index in [2.05, 4.69) is 5.32 Å². The third kappa shape index (κ3) is 2.30. The molecule has 3 aromatic rings. The van der Waals surface area contributed by atoms with Gasteiger partial charge in [-0.25, -0.2) is 4.39 Å². The van der Waals surface area contributed by atoms with Gasteiger partial charge in [0.2, 0.25) is 0 Å². The number of rotatable bonds is 2. The zero-order valence-electron chi connectivity index (χ0n) is 14.8. The number of fused-ring (bicyclic) bond motifs is 4. The minimum absolute atomic E-state index is 0.0512. The number of phenols is 1. The second-order valence-electron chi connectivity index (χ2n) is 7.31. The molecule has 2 aliphatic rings. The highest BCUT2D eigenvalue weighted by Crippen LogP contribution is 2.54. The van der Waals surface area contributed by atoms with E-state index in [4.69, 9.17) is 0 Å². The quantitative estimate of drug-likeness (QED) is 0.356. The van der Waals surface area contributed by atoms with Crippen LogP contribution in [0.2, 0.25) is 0 Å². The molecule has 0 amide bonds. The van der Waals surface area contributed by atoms with Crippen LogP contribution in [0.15, 0.2) is 60.7 Å². The number of nitro benzene ring substituents is 1. The van der Waals surface area contributed by atoms with Gasteiger partial charge in [0, 0.05) is 17.5 Å². The molecule has 5 rings (SSSR count). The fraction of sp³-hybridized carbons (Fsp3) is 0.182. The first kappa shape index (κ1) is 16.7. The third-order valence-electron chi connectivity index (χ3n) is 5.90. The largest absolute Gasteiger partial charge is 0.508 e. The van der Waals surface area contributed by atoms with E-state index in [9.17, 15) is 19.6 Å². The minimum atomic E-state index is -0.524. The summed E-state index contributed by atoms with van der Waals surface area (Å²) in [5, 5.41) is 27.3. The summed E-state index contributed by atoms with van der Waals surface area (Å²) in [6.07, 6.45) is 4.60. The van der Waals surface area contributed by atoms with Crippen molar-refractivity contribution in [1.82, 2.24) is 0 Å². The minimum Gasteiger partial charge on any atom is -0.508 e. The molecule has 5 nitrogen and oxygen atoms in total. The number of halogens is 1. The average molecular weight is 376 g/mol. The van der Waals surface area contributed by atoms with E-state index in [0.29, 0.717) is 17.5 Å². The molecule has 0 fully saturated rings. The molecule has 1 aliphatic carbocycles. The average Bonchev–Trinajstić information content (AvgIpc) is 3.18. The molecule has 3 atom stereocenters. The van der Waals surface area contributed by atoms with E-state index in [1.807, 2.05) is 42.5 Å². The molecular weight excluding hydrogens is 359 g/mol. The Kier molecular flexibility index (Phi) is 3.62. The molecule has 3 aromatic carbocycles. The van der Waals surface area contributed by atoms with Crippen molar-refractivity contribution >= 4 is 22.1 Å². The van der Waals surface area contributed by atoms with E-state index in [0.717, 1.165) is 16.8 Å². The molecule has 2 N–H and O–H groups in total. The third-order valence-corrected chi connectivity index (χ3v) is 5.90. The van der Waals surface area contributed by atoms with Crippen molar-refractivity contribution < 1.29 is 14.4 Å². The molecule has 0 saturated heterocycles. The highest BCUT2D eigenvalue weighted by Gasteiger charge is 2.43. The van der Waals surface area contributed by atoms with Crippen LogP contribution in [-0.4, -0.2) is 10.0 Å². The number of benzene rings is 3. The van der Waals surface area contributed by atoms with Crippen LogP contribution in [0.25, 0.3) is 10.8 Å². The molecule has 0 bridgehead atoms. The lowest BCUT2D eigenvalue weighted by molar-refractivity contribution is -0.385. The van der Waals surface area contributed by atoms with Crippen LogP contribution in [0.1, 0.15) is 29.5 Å². The van der Waals surface area contributed by atoms with Crippen LogP contribution in [-0.2, 0) is 0 Å². The fourth-order valence-electron chi connectivity index (χ4n) is 4.71. The smallest absolute Gasteiger partial charge is 0.275 e. The van der Waals surface area contributed by atoms with Crippen molar-refractivity contribution in [3.63, 3.8) is 0 Å².